The van der Waals surface area contributed by atoms with Gasteiger partial charge < -0.3 is 10.2 Å². The molecule has 2 atom stereocenters. The van der Waals surface area contributed by atoms with Crippen molar-refractivity contribution in [3.8, 4) is 0 Å². The molecule has 1 N–H and O–H groups in total. The van der Waals surface area contributed by atoms with Crippen molar-refractivity contribution in [3.05, 3.63) is 48.6 Å². The molecule has 3 heteroatoms. The van der Waals surface area contributed by atoms with E-state index in [-0.39, 0.29) is 11.6 Å². The van der Waals surface area contributed by atoms with E-state index in [9.17, 15) is 4.79 Å². The summed E-state index contributed by atoms with van der Waals surface area (Å²) in [6.07, 6.45) is 6.55. The van der Waals surface area contributed by atoms with Crippen molar-refractivity contribution >= 4 is 6.03 Å². The predicted octanol–water partition coefficient (Wildman–Crippen LogP) is 3.28. The Balaban J connectivity index is 1.89. The topological polar surface area (TPSA) is 32.3 Å². The third-order valence-electron chi connectivity index (χ3n) is 4.84. The second-order valence-corrected chi connectivity index (χ2v) is 5.82. The summed E-state index contributed by atoms with van der Waals surface area (Å²) < 4.78 is 0. The van der Waals surface area contributed by atoms with E-state index in [1.54, 1.807) is 6.08 Å². The largest absolute Gasteiger partial charge is 0.335 e. The van der Waals surface area contributed by atoms with Crippen molar-refractivity contribution in [2.75, 3.05) is 13.1 Å². The molecule has 0 aromatic heterocycles. The summed E-state index contributed by atoms with van der Waals surface area (Å²) in [5.74, 6) is 0.619. The van der Waals surface area contributed by atoms with Crippen LogP contribution in [-0.2, 0) is 5.54 Å². The Labute approximate surface area is 120 Å². The third kappa shape index (κ3) is 1.92. The Morgan fingerprint density at radius 2 is 2.20 bits per heavy atom. The number of nitrogens with zero attached hydrogens (tertiary/aromatic N) is 1. The highest BCUT2D eigenvalue weighted by Crippen LogP contribution is 2.53. The number of hydrogen-bond donors (Lipinski definition) is 1. The van der Waals surface area contributed by atoms with E-state index >= 15 is 0 Å². The maximum atomic E-state index is 12.4. The molecular formula is C17H22N2O. The Morgan fingerprint density at radius 3 is 2.90 bits per heavy atom. The van der Waals surface area contributed by atoms with Gasteiger partial charge in [-0.1, -0.05) is 49.2 Å². The Morgan fingerprint density at radius 1 is 1.40 bits per heavy atom. The van der Waals surface area contributed by atoms with E-state index in [1.807, 2.05) is 11.0 Å². The number of benzene rings is 1. The van der Waals surface area contributed by atoms with Crippen LogP contribution in [0.2, 0.25) is 0 Å². The first kappa shape index (κ1) is 13.2. The van der Waals surface area contributed by atoms with Gasteiger partial charge in [-0.2, -0.15) is 0 Å². The van der Waals surface area contributed by atoms with Crippen molar-refractivity contribution in [3.63, 3.8) is 0 Å². The van der Waals surface area contributed by atoms with Gasteiger partial charge in [0.25, 0.3) is 0 Å². The average Bonchev–Trinajstić information content (AvgIpc) is 2.47. The molecule has 0 bridgehead atoms. The predicted molar refractivity (Wildman–Crippen MR) is 80.4 cm³/mol. The Bertz CT molecular complexity index is 499. The van der Waals surface area contributed by atoms with Gasteiger partial charge in [0.05, 0.1) is 5.54 Å². The molecule has 0 radical (unpaired) electrons. The normalized spacial score (nSPS) is 28.2. The molecule has 1 aliphatic heterocycles. The maximum Gasteiger partial charge on any atom is 0.318 e. The van der Waals surface area contributed by atoms with Crippen molar-refractivity contribution < 1.29 is 4.79 Å². The molecule has 3 rings (SSSR count). The number of likely N-dealkylation sites (tertiary alicyclic amines) is 1. The number of urea groups is 1. The van der Waals surface area contributed by atoms with Gasteiger partial charge >= 0.3 is 6.03 Å². The highest BCUT2D eigenvalue weighted by atomic mass is 16.2. The smallest absolute Gasteiger partial charge is 0.318 e. The minimum absolute atomic E-state index is 0.0481. The molecule has 0 spiro atoms. The molecule has 20 heavy (non-hydrogen) atoms. The monoisotopic (exact) mass is 270 g/mol. The van der Waals surface area contributed by atoms with Gasteiger partial charge in [-0.25, -0.2) is 4.79 Å². The lowest BCUT2D eigenvalue weighted by Crippen LogP contribution is -2.69. The number of carbonyl (C=O) groups is 1. The van der Waals surface area contributed by atoms with Crippen LogP contribution in [-0.4, -0.2) is 24.0 Å². The summed E-state index contributed by atoms with van der Waals surface area (Å²) in [6, 6.07) is 10.6. The summed E-state index contributed by atoms with van der Waals surface area (Å²) in [7, 11) is 0. The van der Waals surface area contributed by atoms with Crippen LogP contribution in [0.3, 0.4) is 0 Å². The SMILES string of the molecule is C=CCNC(=O)N1C[C@@H]2CCCC[C@]21c1ccccc1. The van der Waals surface area contributed by atoms with E-state index in [4.69, 9.17) is 0 Å². The van der Waals surface area contributed by atoms with Crippen molar-refractivity contribution in [1.82, 2.24) is 10.2 Å². The molecule has 1 aromatic rings. The van der Waals surface area contributed by atoms with Gasteiger partial charge in [0, 0.05) is 19.0 Å². The van der Waals surface area contributed by atoms with Crippen LogP contribution in [0.5, 0.6) is 0 Å². The average molecular weight is 270 g/mol. The first-order chi connectivity index (χ1) is 9.79. The van der Waals surface area contributed by atoms with Crippen LogP contribution in [0, 0.1) is 5.92 Å². The molecule has 1 saturated carbocycles. The number of carbonyl (C=O) groups excluding carboxylic acids is 1. The molecule has 106 valence electrons. The molecule has 1 aliphatic carbocycles. The Hall–Kier alpha value is -1.77. The van der Waals surface area contributed by atoms with Crippen LogP contribution < -0.4 is 5.32 Å². The fourth-order valence-corrected chi connectivity index (χ4v) is 3.88. The van der Waals surface area contributed by atoms with Gasteiger partial charge in [-0.15, -0.1) is 6.58 Å². The molecule has 3 nitrogen and oxygen atoms in total. The molecule has 0 unspecified atom stereocenters. The lowest BCUT2D eigenvalue weighted by atomic mass is 9.62. The third-order valence-corrected chi connectivity index (χ3v) is 4.84. The minimum atomic E-state index is -0.0647. The van der Waals surface area contributed by atoms with Crippen LogP contribution in [0.4, 0.5) is 4.79 Å². The highest BCUT2D eigenvalue weighted by Gasteiger charge is 2.56. The molecule has 1 saturated heterocycles. The molecular weight excluding hydrogens is 248 g/mol. The quantitative estimate of drug-likeness (QED) is 0.840. The number of hydrogen-bond acceptors (Lipinski definition) is 1. The molecule has 1 aromatic carbocycles. The number of amides is 2. The summed E-state index contributed by atoms with van der Waals surface area (Å²) in [6.45, 7) is 5.08. The van der Waals surface area contributed by atoms with Crippen LogP contribution in [0.1, 0.15) is 31.2 Å². The molecule has 1 heterocycles. The zero-order chi connectivity index (χ0) is 14.0. The first-order valence-electron chi connectivity index (χ1n) is 7.51. The lowest BCUT2D eigenvalue weighted by molar-refractivity contribution is -0.0791. The fourth-order valence-electron chi connectivity index (χ4n) is 3.88. The number of fused-ring (bicyclic) bond motifs is 1. The first-order valence-corrected chi connectivity index (χ1v) is 7.51. The fraction of sp³-hybridized carbons (Fsp3) is 0.471. The summed E-state index contributed by atoms with van der Waals surface area (Å²) in [4.78, 5) is 14.4. The maximum absolute atomic E-state index is 12.4. The van der Waals surface area contributed by atoms with Gasteiger partial charge in [0.2, 0.25) is 0 Å². The summed E-state index contributed by atoms with van der Waals surface area (Å²) in [5.41, 5.74) is 1.23. The standard InChI is InChI=1S/C17H22N2O/c1-2-12-18-16(20)19-13-15-10-6-7-11-17(15,19)14-8-4-3-5-9-14/h2-5,8-9,15H,1,6-7,10-13H2,(H,18,20)/t15-,17-/m0/s1. The van der Waals surface area contributed by atoms with Crippen molar-refractivity contribution in [2.24, 2.45) is 5.92 Å². The number of rotatable bonds is 3. The summed E-state index contributed by atoms with van der Waals surface area (Å²) in [5, 5.41) is 2.93. The van der Waals surface area contributed by atoms with E-state index in [0.29, 0.717) is 12.5 Å². The molecule has 2 fully saturated rings. The van der Waals surface area contributed by atoms with Crippen LogP contribution >= 0.6 is 0 Å². The van der Waals surface area contributed by atoms with Gasteiger partial charge in [0.15, 0.2) is 0 Å². The van der Waals surface area contributed by atoms with Gasteiger partial charge in [0.1, 0.15) is 0 Å². The lowest BCUT2D eigenvalue weighted by Gasteiger charge is -2.61. The van der Waals surface area contributed by atoms with E-state index in [1.165, 1.54) is 24.8 Å². The zero-order valence-corrected chi connectivity index (χ0v) is 11.8. The van der Waals surface area contributed by atoms with Gasteiger partial charge in [-0.05, 0) is 18.4 Å². The van der Waals surface area contributed by atoms with Gasteiger partial charge in [-0.3, -0.25) is 0 Å². The van der Waals surface area contributed by atoms with Crippen molar-refractivity contribution in [1.29, 1.82) is 0 Å². The second kappa shape index (κ2) is 5.31. The van der Waals surface area contributed by atoms with E-state index in [2.05, 4.69) is 36.2 Å². The van der Waals surface area contributed by atoms with Crippen LogP contribution in [0.25, 0.3) is 0 Å². The van der Waals surface area contributed by atoms with Crippen LogP contribution in [0.15, 0.2) is 43.0 Å². The molecule has 2 aliphatic rings. The molecule has 2 amide bonds. The van der Waals surface area contributed by atoms with Crippen molar-refractivity contribution in [2.45, 2.75) is 31.2 Å². The van der Waals surface area contributed by atoms with E-state index < -0.39 is 0 Å². The zero-order valence-electron chi connectivity index (χ0n) is 11.8. The second-order valence-electron chi connectivity index (χ2n) is 5.82. The number of nitrogens with one attached hydrogen (secondary N) is 1. The van der Waals surface area contributed by atoms with E-state index in [0.717, 1.165) is 13.0 Å². The highest BCUT2D eigenvalue weighted by molar-refractivity contribution is 5.77. The minimum Gasteiger partial charge on any atom is -0.335 e. The summed E-state index contributed by atoms with van der Waals surface area (Å²) >= 11 is 0. The Kier molecular flexibility index (Phi) is 3.51.